The Kier molecular flexibility index (Phi) is 2.69. The highest BCUT2D eigenvalue weighted by Gasteiger charge is 2.19. The van der Waals surface area contributed by atoms with Gasteiger partial charge in [-0.2, -0.15) is 0 Å². The van der Waals surface area contributed by atoms with E-state index in [2.05, 4.69) is 13.8 Å². The number of ether oxygens (including phenoxy) is 1. The van der Waals surface area contributed by atoms with E-state index in [-0.39, 0.29) is 5.97 Å². The molecule has 0 aliphatic carbocycles. The fraction of sp³-hybridized carbons (Fsp3) is 0.308. The molecule has 2 heterocycles. The second-order valence-corrected chi connectivity index (χ2v) is 4.10. The van der Waals surface area contributed by atoms with Crippen LogP contribution in [0.1, 0.15) is 35.7 Å². The summed E-state index contributed by atoms with van der Waals surface area (Å²) in [4.78, 5) is 11.7. The number of nitrogens with zero attached hydrogens (tertiary/aromatic N) is 1. The average Bonchev–Trinajstić information content (AvgIpc) is 2.67. The molecule has 0 saturated carbocycles. The van der Waals surface area contributed by atoms with Gasteiger partial charge >= 0.3 is 5.97 Å². The molecule has 0 N–H and O–H groups in total. The van der Waals surface area contributed by atoms with E-state index in [0.717, 1.165) is 11.1 Å². The summed E-state index contributed by atoms with van der Waals surface area (Å²) in [6.45, 7) is 4.16. The number of fused-ring (bicyclic) bond motifs is 1. The lowest BCUT2D eigenvalue weighted by Gasteiger charge is -2.06. The molecule has 0 unspecified atom stereocenters. The maximum absolute atomic E-state index is 11.7. The molecule has 0 amide bonds. The molecule has 2 aromatic rings. The van der Waals surface area contributed by atoms with Crippen LogP contribution in [0.15, 0.2) is 30.6 Å². The van der Waals surface area contributed by atoms with Gasteiger partial charge in [0.2, 0.25) is 0 Å². The Balaban J connectivity index is 2.73. The number of pyridine rings is 1. The smallest absolute Gasteiger partial charge is 0.339 e. The van der Waals surface area contributed by atoms with Crippen molar-refractivity contribution < 1.29 is 9.53 Å². The SMILES string of the molecule is COC(=O)c1cn2ccccc2c1C(C)C. The predicted octanol–water partition coefficient (Wildman–Crippen LogP) is 2.85. The number of carbonyl (C=O) groups excluding carboxylic acids is 1. The lowest BCUT2D eigenvalue weighted by atomic mass is 10.00. The topological polar surface area (TPSA) is 30.7 Å². The number of methoxy groups -OCH3 is 1. The minimum atomic E-state index is -0.271. The summed E-state index contributed by atoms with van der Waals surface area (Å²) in [5.41, 5.74) is 2.77. The van der Waals surface area contributed by atoms with Crippen LogP contribution in [0.2, 0.25) is 0 Å². The number of hydrogen-bond donors (Lipinski definition) is 0. The van der Waals surface area contributed by atoms with Crippen LogP contribution >= 0.6 is 0 Å². The molecule has 0 saturated heterocycles. The number of rotatable bonds is 2. The first kappa shape index (κ1) is 10.7. The fourth-order valence-electron chi connectivity index (χ4n) is 2.02. The highest BCUT2D eigenvalue weighted by molar-refractivity contribution is 5.94. The van der Waals surface area contributed by atoms with E-state index < -0.39 is 0 Å². The van der Waals surface area contributed by atoms with Crippen molar-refractivity contribution >= 4 is 11.5 Å². The number of aromatic nitrogens is 1. The number of esters is 1. The Morgan fingerprint density at radius 2 is 2.12 bits per heavy atom. The molecular weight excluding hydrogens is 202 g/mol. The molecular formula is C13H15NO2. The quantitative estimate of drug-likeness (QED) is 0.724. The lowest BCUT2D eigenvalue weighted by molar-refractivity contribution is 0.0599. The van der Waals surface area contributed by atoms with Crippen LogP contribution in [0.4, 0.5) is 0 Å². The van der Waals surface area contributed by atoms with E-state index in [4.69, 9.17) is 4.74 Å². The van der Waals surface area contributed by atoms with E-state index in [1.165, 1.54) is 7.11 Å². The highest BCUT2D eigenvalue weighted by atomic mass is 16.5. The first-order valence-electron chi connectivity index (χ1n) is 5.33. The van der Waals surface area contributed by atoms with Crippen molar-refractivity contribution in [2.75, 3.05) is 7.11 Å². The van der Waals surface area contributed by atoms with E-state index in [1.807, 2.05) is 35.0 Å². The van der Waals surface area contributed by atoms with E-state index in [0.29, 0.717) is 11.5 Å². The van der Waals surface area contributed by atoms with Gasteiger partial charge in [0, 0.05) is 17.9 Å². The van der Waals surface area contributed by atoms with Gasteiger partial charge in [-0.05, 0) is 23.6 Å². The van der Waals surface area contributed by atoms with Crippen molar-refractivity contribution in [3.05, 3.63) is 41.7 Å². The molecule has 0 spiro atoms. The first-order chi connectivity index (χ1) is 7.65. The summed E-state index contributed by atoms with van der Waals surface area (Å²) < 4.78 is 6.76. The lowest BCUT2D eigenvalue weighted by Crippen LogP contribution is -2.03. The molecule has 0 aromatic carbocycles. The Hall–Kier alpha value is -1.77. The van der Waals surface area contributed by atoms with Gasteiger partial charge in [0.1, 0.15) is 0 Å². The monoisotopic (exact) mass is 217 g/mol. The van der Waals surface area contributed by atoms with Crippen LogP contribution in [0.25, 0.3) is 5.52 Å². The normalized spacial score (nSPS) is 11.0. The minimum absolute atomic E-state index is 0.271. The fourth-order valence-corrected chi connectivity index (χ4v) is 2.02. The summed E-state index contributed by atoms with van der Waals surface area (Å²) in [5, 5.41) is 0. The third kappa shape index (κ3) is 1.58. The van der Waals surface area contributed by atoms with Crippen molar-refractivity contribution in [1.29, 1.82) is 0 Å². The van der Waals surface area contributed by atoms with Crippen molar-refractivity contribution in [3.63, 3.8) is 0 Å². The number of carbonyl (C=O) groups is 1. The molecule has 0 fully saturated rings. The zero-order chi connectivity index (χ0) is 11.7. The molecule has 0 bridgehead atoms. The summed E-state index contributed by atoms with van der Waals surface area (Å²) >= 11 is 0. The third-order valence-electron chi connectivity index (χ3n) is 2.71. The molecule has 0 aliphatic rings. The molecule has 0 radical (unpaired) electrons. The Labute approximate surface area is 94.6 Å². The molecule has 0 aliphatic heterocycles. The predicted molar refractivity (Wildman–Crippen MR) is 62.8 cm³/mol. The van der Waals surface area contributed by atoms with Gasteiger partial charge in [-0.1, -0.05) is 19.9 Å². The van der Waals surface area contributed by atoms with E-state index in [1.54, 1.807) is 0 Å². The van der Waals surface area contributed by atoms with Gasteiger partial charge in [-0.15, -0.1) is 0 Å². The van der Waals surface area contributed by atoms with Crippen molar-refractivity contribution in [3.8, 4) is 0 Å². The standard InChI is InChI=1S/C13H15NO2/c1-9(2)12-10(13(15)16-3)8-14-7-5-4-6-11(12)14/h4-9H,1-3H3. The zero-order valence-electron chi connectivity index (χ0n) is 9.73. The molecule has 2 rings (SSSR count). The van der Waals surface area contributed by atoms with Crippen molar-refractivity contribution in [2.24, 2.45) is 0 Å². The summed E-state index contributed by atoms with van der Waals surface area (Å²) in [7, 11) is 1.41. The van der Waals surface area contributed by atoms with Crippen LogP contribution in [-0.2, 0) is 4.74 Å². The molecule has 16 heavy (non-hydrogen) atoms. The minimum Gasteiger partial charge on any atom is -0.465 e. The van der Waals surface area contributed by atoms with Gasteiger partial charge in [0.05, 0.1) is 12.7 Å². The van der Waals surface area contributed by atoms with Crippen LogP contribution in [0.5, 0.6) is 0 Å². The summed E-state index contributed by atoms with van der Waals surface area (Å²) in [6.07, 6.45) is 3.77. The van der Waals surface area contributed by atoms with Gasteiger partial charge in [-0.25, -0.2) is 4.79 Å². The van der Waals surface area contributed by atoms with Crippen LogP contribution < -0.4 is 0 Å². The van der Waals surface area contributed by atoms with Crippen LogP contribution in [-0.4, -0.2) is 17.5 Å². The number of hydrogen-bond acceptors (Lipinski definition) is 2. The molecule has 0 atom stereocenters. The first-order valence-corrected chi connectivity index (χ1v) is 5.33. The zero-order valence-corrected chi connectivity index (χ0v) is 9.73. The third-order valence-corrected chi connectivity index (χ3v) is 2.71. The maximum atomic E-state index is 11.7. The van der Waals surface area contributed by atoms with Gasteiger partial charge in [0.25, 0.3) is 0 Å². The highest BCUT2D eigenvalue weighted by Crippen LogP contribution is 2.26. The second kappa shape index (κ2) is 4.00. The van der Waals surface area contributed by atoms with Gasteiger partial charge in [-0.3, -0.25) is 0 Å². The van der Waals surface area contributed by atoms with E-state index in [9.17, 15) is 4.79 Å². The Morgan fingerprint density at radius 3 is 2.75 bits per heavy atom. The Morgan fingerprint density at radius 1 is 1.38 bits per heavy atom. The van der Waals surface area contributed by atoms with Crippen LogP contribution in [0, 0.1) is 0 Å². The van der Waals surface area contributed by atoms with Gasteiger partial charge in [0.15, 0.2) is 0 Å². The largest absolute Gasteiger partial charge is 0.465 e. The molecule has 3 heteroatoms. The van der Waals surface area contributed by atoms with Crippen molar-refractivity contribution in [2.45, 2.75) is 19.8 Å². The van der Waals surface area contributed by atoms with Gasteiger partial charge < -0.3 is 9.14 Å². The van der Waals surface area contributed by atoms with E-state index >= 15 is 0 Å². The summed E-state index contributed by atoms with van der Waals surface area (Å²) in [5.74, 6) is 0.0221. The molecule has 2 aromatic heterocycles. The Bertz CT molecular complexity index is 526. The van der Waals surface area contributed by atoms with Crippen molar-refractivity contribution in [1.82, 2.24) is 4.40 Å². The second-order valence-electron chi connectivity index (χ2n) is 4.10. The average molecular weight is 217 g/mol. The summed E-state index contributed by atoms with van der Waals surface area (Å²) in [6, 6.07) is 5.93. The maximum Gasteiger partial charge on any atom is 0.339 e. The molecule has 84 valence electrons. The molecule has 3 nitrogen and oxygen atoms in total. The van der Waals surface area contributed by atoms with Crippen LogP contribution in [0.3, 0.4) is 0 Å².